The third-order valence-corrected chi connectivity index (χ3v) is 5.92. The third kappa shape index (κ3) is 4.31. The van der Waals surface area contributed by atoms with Gasteiger partial charge in [0.15, 0.2) is 0 Å². The van der Waals surface area contributed by atoms with E-state index < -0.39 is 10.0 Å². The first kappa shape index (κ1) is 16.5. The van der Waals surface area contributed by atoms with Crippen molar-refractivity contribution in [1.82, 2.24) is 9.29 Å². The first-order valence-corrected chi connectivity index (χ1v) is 9.25. The molecule has 0 bridgehead atoms. The van der Waals surface area contributed by atoms with Gasteiger partial charge in [-0.15, -0.1) is 0 Å². The molecular formula is C15H27N3O2S. The number of hydrogen-bond acceptors (Lipinski definition) is 3. The Balaban J connectivity index is 1.89. The molecule has 6 heteroatoms. The molecule has 0 aromatic carbocycles. The van der Waals surface area contributed by atoms with E-state index >= 15 is 0 Å². The SMILES string of the molecule is CC1CCCC(CCNS(=O)(=O)c2cc(CN)n(C)c2)C1. The zero-order valence-corrected chi connectivity index (χ0v) is 13.8. The number of aromatic nitrogens is 1. The number of rotatable bonds is 6. The maximum atomic E-state index is 12.3. The van der Waals surface area contributed by atoms with E-state index in [1.165, 1.54) is 25.7 Å². The summed E-state index contributed by atoms with van der Waals surface area (Å²) in [5.41, 5.74) is 6.40. The minimum atomic E-state index is -3.41. The molecule has 0 radical (unpaired) electrons. The van der Waals surface area contributed by atoms with Gasteiger partial charge in [-0.3, -0.25) is 0 Å². The van der Waals surface area contributed by atoms with E-state index in [4.69, 9.17) is 5.73 Å². The van der Waals surface area contributed by atoms with Gasteiger partial charge in [0.1, 0.15) is 0 Å². The van der Waals surface area contributed by atoms with Crippen molar-refractivity contribution in [2.24, 2.45) is 24.6 Å². The minimum Gasteiger partial charge on any atom is -0.352 e. The summed E-state index contributed by atoms with van der Waals surface area (Å²) in [6, 6.07) is 1.64. The second kappa shape index (κ2) is 6.94. The summed E-state index contributed by atoms with van der Waals surface area (Å²) < 4.78 is 29.0. The van der Waals surface area contributed by atoms with Gasteiger partial charge >= 0.3 is 0 Å². The molecule has 1 aliphatic carbocycles. The third-order valence-electron chi connectivity index (χ3n) is 4.49. The maximum Gasteiger partial charge on any atom is 0.242 e. The van der Waals surface area contributed by atoms with Gasteiger partial charge in [-0.25, -0.2) is 13.1 Å². The Morgan fingerprint density at radius 2 is 2.19 bits per heavy atom. The summed E-state index contributed by atoms with van der Waals surface area (Å²) in [7, 11) is -1.60. The van der Waals surface area contributed by atoms with Gasteiger partial charge in [-0.1, -0.05) is 26.2 Å². The standard InChI is InChI=1S/C15H27N3O2S/c1-12-4-3-5-13(8-12)6-7-17-21(19,20)15-9-14(10-16)18(2)11-15/h9,11-13,17H,3-8,10,16H2,1-2H3. The molecule has 3 N–H and O–H groups in total. The van der Waals surface area contributed by atoms with Crippen LogP contribution < -0.4 is 10.5 Å². The van der Waals surface area contributed by atoms with E-state index in [2.05, 4.69) is 11.6 Å². The summed E-state index contributed by atoms with van der Waals surface area (Å²) in [4.78, 5) is 0.308. The summed E-state index contributed by atoms with van der Waals surface area (Å²) in [6.45, 7) is 3.15. The molecule has 5 nitrogen and oxygen atoms in total. The summed E-state index contributed by atoms with van der Waals surface area (Å²) in [5.74, 6) is 1.44. The molecule has 120 valence electrons. The van der Waals surface area contributed by atoms with Crippen molar-refractivity contribution < 1.29 is 8.42 Å². The van der Waals surface area contributed by atoms with E-state index in [-0.39, 0.29) is 0 Å². The largest absolute Gasteiger partial charge is 0.352 e. The van der Waals surface area contributed by atoms with Gasteiger partial charge in [0.2, 0.25) is 10.0 Å². The van der Waals surface area contributed by atoms with Crippen molar-refractivity contribution in [3.63, 3.8) is 0 Å². The minimum absolute atomic E-state index is 0.308. The Kier molecular flexibility index (Phi) is 5.46. The Morgan fingerprint density at radius 1 is 1.43 bits per heavy atom. The molecular weight excluding hydrogens is 286 g/mol. The number of aryl methyl sites for hydroxylation is 1. The fourth-order valence-electron chi connectivity index (χ4n) is 3.23. The normalized spacial score (nSPS) is 23.4. The Labute approximate surface area is 128 Å². The molecule has 1 aromatic rings. The van der Waals surface area contributed by atoms with Crippen molar-refractivity contribution in [3.05, 3.63) is 18.0 Å². The first-order valence-electron chi connectivity index (χ1n) is 7.77. The molecule has 2 unspecified atom stereocenters. The topological polar surface area (TPSA) is 77.1 Å². The van der Waals surface area contributed by atoms with Crippen molar-refractivity contribution >= 4 is 10.0 Å². The molecule has 0 spiro atoms. The quantitative estimate of drug-likeness (QED) is 0.843. The number of nitrogens with two attached hydrogens (primary N) is 1. The Bertz CT molecular complexity index is 565. The van der Waals surface area contributed by atoms with Gasteiger partial charge in [-0.2, -0.15) is 0 Å². The van der Waals surface area contributed by atoms with Crippen LogP contribution >= 0.6 is 0 Å². The van der Waals surface area contributed by atoms with Gasteiger partial charge in [0, 0.05) is 32.0 Å². The Morgan fingerprint density at radius 3 is 2.81 bits per heavy atom. The van der Waals surface area contributed by atoms with Crippen LogP contribution in [0.1, 0.15) is 44.7 Å². The van der Waals surface area contributed by atoms with E-state index in [0.29, 0.717) is 23.9 Å². The van der Waals surface area contributed by atoms with Crippen molar-refractivity contribution in [2.45, 2.75) is 50.5 Å². The van der Waals surface area contributed by atoms with Crippen LogP contribution in [0, 0.1) is 11.8 Å². The highest BCUT2D eigenvalue weighted by Crippen LogP contribution is 2.30. The number of nitrogens with one attached hydrogen (secondary N) is 1. The fourth-order valence-corrected chi connectivity index (χ4v) is 4.37. The smallest absolute Gasteiger partial charge is 0.242 e. The lowest BCUT2D eigenvalue weighted by Crippen LogP contribution is -2.27. The molecule has 1 fully saturated rings. The predicted octanol–water partition coefficient (Wildman–Crippen LogP) is 1.98. The maximum absolute atomic E-state index is 12.3. The highest BCUT2D eigenvalue weighted by Gasteiger charge is 2.21. The number of sulfonamides is 1. The van der Waals surface area contributed by atoms with Crippen molar-refractivity contribution in [2.75, 3.05) is 6.54 Å². The average Bonchev–Trinajstić information content (AvgIpc) is 2.81. The molecule has 1 aliphatic rings. The van der Waals surface area contributed by atoms with Gasteiger partial charge in [-0.05, 0) is 30.7 Å². The molecule has 0 amide bonds. The van der Waals surface area contributed by atoms with Crippen LogP contribution in [0.5, 0.6) is 0 Å². The highest BCUT2D eigenvalue weighted by atomic mass is 32.2. The molecule has 2 rings (SSSR count). The van der Waals surface area contributed by atoms with Crippen molar-refractivity contribution in [3.8, 4) is 0 Å². The summed E-state index contributed by atoms with van der Waals surface area (Å²) in [6.07, 6.45) is 7.59. The summed E-state index contributed by atoms with van der Waals surface area (Å²) in [5, 5.41) is 0. The second-order valence-electron chi connectivity index (χ2n) is 6.31. The van der Waals surface area contributed by atoms with Gasteiger partial charge in [0.05, 0.1) is 4.90 Å². The van der Waals surface area contributed by atoms with E-state index in [1.807, 2.05) is 7.05 Å². The zero-order chi connectivity index (χ0) is 15.5. The first-order chi connectivity index (χ1) is 9.92. The van der Waals surface area contributed by atoms with Crippen LogP contribution in [-0.2, 0) is 23.6 Å². The van der Waals surface area contributed by atoms with Crippen LogP contribution in [0.2, 0.25) is 0 Å². The van der Waals surface area contributed by atoms with Crippen LogP contribution in [-0.4, -0.2) is 19.5 Å². The lowest BCUT2D eigenvalue weighted by atomic mass is 9.81. The molecule has 0 saturated heterocycles. The van der Waals surface area contributed by atoms with Crippen LogP contribution in [0.3, 0.4) is 0 Å². The predicted molar refractivity (Wildman–Crippen MR) is 84.2 cm³/mol. The number of hydrogen-bond donors (Lipinski definition) is 2. The van der Waals surface area contributed by atoms with E-state index in [9.17, 15) is 8.42 Å². The van der Waals surface area contributed by atoms with Crippen LogP contribution in [0.4, 0.5) is 0 Å². The average molecular weight is 313 g/mol. The fraction of sp³-hybridized carbons (Fsp3) is 0.733. The lowest BCUT2D eigenvalue weighted by Gasteiger charge is -2.26. The summed E-state index contributed by atoms with van der Waals surface area (Å²) >= 11 is 0. The molecule has 2 atom stereocenters. The monoisotopic (exact) mass is 313 g/mol. The van der Waals surface area contributed by atoms with E-state index in [1.54, 1.807) is 16.8 Å². The highest BCUT2D eigenvalue weighted by molar-refractivity contribution is 7.89. The number of nitrogens with zero attached hydrogens (tertiary/aromatic N) is 1. The molecule has 0 aliphatic heterocycles. The molecule has 21 heavy (non-hydrogen) atoms. The van der Waals surface area contributed by atoms with Crippen LogP contribution in [0.25, 0.3) is 0 Å². The zero-order valence-electron chi connectivity index (χ0n) is 13.0. The second-order valence-corrected chi connectivity index (χ2v) is 8.07. The van der Waals surface area contributed by atoms with Crippen molar-refractivity contribution in [1.29, 1.82) is 0 Å². The molecule has 1 saturated carbocycles. The lowest BCUT2D eigenvalue weighted by molar-refractivity contribution is 0.271. The van der Waals surface area contributed by atoms with E-state index in [0.717, 1.165) is 18.0 Å². The molecule has 1 aromatic heterocycles. The van der Waals surface area contributed by atoms with Gasteiger partial charge in [0.25, 0.3) is 0 Å². The molecule has 1 heterocycles. The Hall–Kier alpha value is -0.850. The van der Waals surface area contributed by atoms with Crippen LogP contribution in [0.15, 0.2) is 17.2 Å². The van der Waals surface area contributed by atoms with Gasteiger partial charge < -0.3 is 10.3 Å².